The first kappa shape index (κ1) is 17.5. The fourth-order valence-corrected chi connectivity index (χ4v) is 1.99. The van der Waals surface area contributed by atoms with Crippen LogP contribution >= 0.6 is 11.6 Å². The van der Waals surface area contributed by atoms with Gasteiger partial charge in [-0.1, -0.05) is 37.6 Å². The van der Waals surface area contributed by atoms with E-state index in [1.165, 1.54) is 0 Å². The van der Waals surface area contributed by atoms with E-state index in [2.05, 4.69) is 5.32 Å². The maximum atomic E-state index is 11.6. The topological polar surface area (TPSA) is 49.4 Å². The average Bonchev–Trinajstić information content (AvgIpc) is 2.43. The van der Waals surface area contributed by atoms with Crippen molar-refractivity contribution in [2.75, 3.05) is 19.6 Å². The standard InChI is InChI=1S/C16H23ClN2O2/c1-12(2)16(21)18-9-11-19(13(3)20)10-8-14-4-6-15(17)7-5-14/h4-7,12H,8-11H2,1-3H3,(H,18,21). The molecule has 0 spiro atoms. The molecular weight excluding hydrogens is 288 g/mol. The molecule has 0 unspecified atom stereocenters. The van der Waals surface area contributed by atoms with Gasteiger partial charge >= 0.3 is 0 Å². The van der Waals surface area contributed by atoms with Crippen molar-refractivity contribution < 1.29 is 9.59 Å². The van der Waals surface area contributed by atoms with Gasteiger partial charge in [-0.2, -0.15) is 0 Å². The number of rotatable bonds is 7. The number of amides is 2. The lowest BCUT2D eigenvalue weighted by atomic mass is 10.1. The molecule has 2 amide bonds. The van der Waals surface area contributed by atoms with E-state index in [1.54, 1.807) is 11.8 Å². The number of nitrogens with one attached hydrogen (secondary N) is 1. The molecule has 0 atom stereocenters. The first-order valence-corrected chi connectivity index (χ1v) is 7.55. The third-order valence-corrected chi connectivity index (χ3v) is 3.49. The van der Waals surface area contributed by atoms with Crippen LogP contribution in [0.4, 0.5) is 0 Å². The molecule has 0 aliphatic carbocycles. The first-order chi connectivity index (χ1) is 9.90. The molecule has 0 heterocycles. The Balaban J connectivity index is 2.41. The number of carbonyl (C=O) groups is 2. The second-order valence-corrected chi connectivity index (χ2v) is 5.76. The third-order valence-electron chi connectivity index (χ3n) is 3.23. The number of benzene rings is 1. The Morgan fingerprint density at radius 2 is 1.81 bits per heavy atom. The van der Waals surface area contributed by atoms with Gasteiger partial charge in [0.25, 0.3) is 0 Å². The van der Waals surface area contributed by atoms with E-state index in [0.29, 0.717) is 24.7 Å². The summed E-state index contributed by atoms with van der Waals surface area (Å²) in [4.78, 5) is 24.8. The molecule has 1 N–H and O–H groups in total. The molecule has 4 nitrogen and oxygen atoms in total. The normalized spacial score (nSPS) is 10.5. The highest BCUT2D eigenvalue weighted by molar-refractivity contribution is 6.30. The highest BCUT2D eigenvalue weighted by atomic mass is 35.5. The van der Waals surface area contributed by atoms with E-state index in [4.69, 9.17) is 11.6 Å². The van der Waals surface area contributed by atoms with Crippen LogP contribution in [0.15, 0.2) is 24.3 Å². The van der Waals surface area contributed by atoms with E-state index in [1.807, 2.05) is 38.1 Å². The molecule has 0 radical (unpaired) electrons. The minimum absolute atomic E-state index is 0.0104. The van der Waals surface area contributed by atoms with Crippen LogP contribution in [0.1, 0.15) is 26.3 Å². The van der Waals surface area contributed by atoms with E-state index in [0.717, 1.165) is 12.0 Å². The van der Waals surface area contributed by atoms with Gasteiger partial charge in [0.2, 0.25) is 11.8 Å². The number of nitrogens with zero attached hydrogens (tertiary/aromatic N) is 1. The van der Waals surface area contributed by atoms with Crippen LogP contribution in [-0.2, 0) is 16.0 Å². The highest BCUT2D eigenvalue weighted by Crippen LogP contribution is 2.10. The van der Waals surface area contributed by atoms with E-state index < -0.39 is 0 Å². The molecule has 5 heteroatoms. The zero-order valence-corrected chi connectivity index (χ0v) is 13.6. The SMILES string of the molecule is CC(=O)N(CCNC(=O)C(C)C)CCc1ccc(Cl)cc1. The van der Waals surface area contributed by atoms with Gasteiger partial charge < -0.3 is 10.2 Å². The zero-order chi connectivity index (χ0) is 15.8. The predicted molar refractivity (Wildman–Crippen MR) is 85.3 cm³/mol. The van der Waals surface area contributed by atoms with Crippen LogP contribution in [-0.4, -0.2) is 36.3 Å². The Kier molecular flexibility index (Phi) is 7.23. The monoisotopic (exact) mass is 310 g/mol. The summed E-state index contributed by atoms with van der Waals surface area (Å²) >= 11 is 5.84. The number of hydrogen-bond acceptors (Lipinski definition) is 2. The summed E-state index contributed by atoms with van der Waals surface area (Å²) in [5.41, 5.74) is 1.14. The molecular formula is C16H23ClN2O2. The van der Waals surface area contributed by atoms with Gasteiger partial charge in [0.15, 0.2) is 0 Å². The van der Waals surface area contributed by atoms with Crippen molar-refractivity contribution in [3.63, 3.8) is 0 Å². The van der Waals surface area contributed by atoms with Crippen molar-refractivity contribution >= 4 is 23.4 Å². The molecule has 1 aromatic carbocycles. The predicted octanol–water partition coefficient (Wildman–Crippen LogP) is 2.50. The van der Waals surface area contributed by atoms with Crippen LogP contribution in [0.5, 0.6) is 0 Å². The van der Waals surface area contributed by atoms with E-state index >= 15 is 0 Å². The Morgan fingerprint density at radius 3 is 2.33 bits per heavy atom. The Bertz CT molecular complexity index is 472. The Hall–Kier alpha value is -1.55. The lowest BCUT2D eigenvalue weighted by Crippen LogP contribution is -2.39. The van der Waals surface area contributed by atoms with Crippen molar-refractivity contribution in [1.29, 1.82) is 0 Å². The minimum atomic E-state index is -0.0372. The highest BCUT2D eigenvalue weighted by Gasteiger charge is 2.10. The summed E-state index contributed by atoms with van der Waals surface area (Å²) in [6.45, 7) is 6.89. The van der Waals surface area contributed by atoms with Crippen molar-refractivity contribution in [2.45, 2.75) is 27.2 Å². The fraction of sp³-hybridized carbons (Fsp3) is 0.500. The molecule has 1 aromatic rings. The van der Waals surface area contributed by atoms with Gasteiger partial charge in [0, 0.05) is 37.5 Å². The van der Waals surface area contributed by atoms with Crippen molar-refractivity contribution in [2.24, 2.45) is 5.92 Å². The number of carbonyl (C=O) groups excluding carboxylic acids is 2. The summed E-state index contributed by atoms with van der Waals surface area (Å²) < 4.78 is 0. The largest absolute Gasteiger partial charge is 0.354 e. The lowest BCUT2D eigenvalue weighted by molar-refractivity contribution is -0.129. The Morgan fingerprint density at radius 1 is 1.19 bits per heavy atom. The quantitative estimate of drug-likeness (QED) is 0.841. The second-order valence-electron chi connectivity index (χ2n) is 5.33. The zero-order valence-electron chi connectivity index (χ0n) is 12.9. The van der Waals surface area contributed by atoms with Gasteiger partial charge in [-0.25, -0.2) is 0 Å². The summed E-state index contributed by atoms with van der Waals surface area (Å²) in [5.74, 6) is -0.0104. The van der Waals surface area contributed by atoms with Crippen molar-refractivity contribution in [3.8, 4) is 0 Å². The number of hydrogen-bond donors (Lipinski definition) is 1. The molecule has 0 saturated carbocycles. The van der Waals surface area contributed by atoms with E-state index in [-0.39, 0.29) is 17.7 Å². The van der Waals surface area contributed by atoms with Gasteiger partial charge in [-0.3, -0.25) is 9.59 Å². The average molecular weight is 311 g/mol. The molecule has 0 aromatic heterocycles. The fourth-order valence-electron chi connectivity index (χ4n) is 1.86. The molecule has 21 heavy (non-hydrogen) atoms. The van der Waals surface area contributed by atoms with Gasteiger partial charge in [-0.05, 0) is 24.1 Å². The van der Waals surface area contributed by atoms with Crippen molar-refractivity contribution in [3.05, 3.63) is 34.9 Å². The summed E-state index contributed by atoms with van der Waals surface area (Å²) in [5, 5.41) is 3.53. The van der Waals surface area contributed by atoms with Crippen LogP contribution in [0.25, 0.3) is 0 Å². The molecule has 116 valence electrons. The van der Waals surface area contributed by atoms with E-state index in [9.17, 15) is 9.59 Å². The van der Waals surface area contributed by atoms with Crippen LogP contribution in [0.3, 0.4) is 0 Å². The van der Waals surface area contributed by atoms with Crippen LogP contribution in [0.2, 0.25) is 5.02 Å². The maximum Gasteiger partial charge on any atom is 0.222 e. The summed E-state index contributed by atoms with van der Waals surface area (Å²) in [6.07, 6.45) is 0.773. The number of halogens is 1. The minimum Gasteiger partial charge on any atom is -0.354 e. The molecule has 0 bridgehead atoms. The van der Waals surface area contributed by atoms with Gasteiger partial charge in [0.1, 0.15) is 0 Å². The molecule has 1 rings (SSSR count). The lowest BCUT2D eigenvalue weighted by Gasteiger charge is -2.21. The van der Waals surface area contributed by atoms with Gasteiger partial charge in [0.05, 0.1) is 0 Å². The summed E-state index contributed by atoms with van der Waals surface area (Å²) in [6, 6.07) is 7.61. The van der Waals surface area contributed by atoms with Crippen LogP contribution < -0.4 is 5.32 Å². The smallest absolute Gasteiger partial charge is 0.222 e. The second kappa shape index (κ2) is 8.67. The molecule has 0 aliphatic heterocycles. The molecule has 0 fully saturated rings. The molecule has 0 saturated heterocycles. The third kappa shape index (κ3) is 6.63. The Labute approximate surface area is 131 Å². The molecule has 0 aliphatic rings. The van der Waals surface area contributed by atoms with Gasteiger partial charge in [-0.15, -0.1) is 0 Å². The van der Waals surface area contributed by atoms with Crippen molar-refractivity contribution in [1.82, 2.24) is 10.2 Å². The summed E-state index contributed by atoms with van der Waals surface area (Å²) in [7, 11) is 0. The van der Waals surface area contributed by atoms with Crippen LogP contribution in [0, 0.1) is 5.92 Å². The first-order valence-electron chi connectivity index (χ1n) is 7.18. The maximum absolute atomic E-state index is 11.6.